The maximum atomic E-state index is 11.5. The van der Waals surface area contributed by atoms with Crippen molar-refractivity contribution in [3.8, 4) is 0 Å². The summed E-state index contributed by atoms with van der Waals surface area (Å²) in [6, 6.07) is -0.555. The Morgan fingerprint density at radius 1 is 1.44 bits per heavy atom. The number of carbonyl (C=O) groups is 1. The van der Waals surface area contributed by atoms with E-state index in [2.05, 4.69) is 5.32 Å². The van der Waals surface area contributed by atoms with Gasteiger partial charge in [0, 0.05) is 12.8 Å². The van der Waals surface area contributed by atoms with Gasteiger partial charge in [0.15, 0.2) is 9.84 Å². The normalized spacial score (nSPS) is 14.6. The smallest absolute Gasteiger partial charge is 0.236 e. The minimum atomic E-state index is -3.19. The Hall–Kier alpha value is -0.620. The molecule has 16 heavy (non-hydrogen) atoms. The predicted molar refractivity (Wildman–Crippen MR) is 64.8 cm³/mol. The molecule has 96 valence electrons. The monoisotopic (exact) mass is 250 g/mol. The third-order valence-electron chi connectivity index (χ3n) is 2.63. The average Bonchev–Trinajstić information content (AvgIpc) is 2.12. The number of rotatable bonds is 6. The standard InChI is InChI=1S/C10H22N2O3S/c1-5-6-8(11)9(13)12-7-10(2,3)16(4,14)15/h8H,5-7,11H2,1-4H3,(H,12,13)/t8-/m1/s1. The summed E-state index contributed by atoms with van der Waals surface area (Å²) in [5, 5.41) is 2.57. The van der Waals surface area contributed by atoms with Crippen LogP contribution in [0.3, 0.4) is 0 Å². The summed E-state index contributed by atoms with van der Waals surface area (Å²) in [6.45, 7) is 5.18. The molecule has 1 amide bonds. The number of nitrogens with two attached hydrogens (primary N) is 1. The number of hydrogen-bond donors (Lipinski definition) is 2. The summed E-state index contributed by atoms with van der Waals surface area (Å²) in [7, 11) is -3.19. The highest BCUT2D eigenvalue weighted by molar-refractivity contribution is 7.92. The third-order valence-corrected chi connectivity index (χ3v) is 4.78. The van der Waals surface area contributed by atoms with Crippen LogP contribution in [-0.2, 0) is 14.6 Å². The van der Waals surface area contributed by atoms with E-state index in [0.717, 1.165) is 12.7 Å². The molecule has 0 aromatic heterocycles. The Balaban J connectivity index is 4.31. The Bertz CT molecular complexity index is 336. The molecule has 5 nitrogen and oxygen atoms in total. The molecule has 0 rings (SSSR count). The highest BCUT2D eigenvalue weighted by atomic mass is 32.2. The molecule has 0 aromatic carbocycles. The van der Waals surface area contributed by atoms with Crippen molar-refractivity contribution in [1.82, 2.24) is 5.32 Å². The van der Waals surface area contributed by atoms with Gasteiger partial charge in [-0.3, -0.25) is 4.79 Å². The van der Waals surface area contributed by atoms with Gasteiger partial charge >= 0.3 is 0 Å². The maximum Gasteiger partial charge on any atom is 0.236 e. The van der Waals surface area contributed by atoms with E-state index in [1.54, 1.807) is 13.8 Å². The molecular formula is C10H22N2O3S. The van der Waals surface area contributed by atoms with Crippen LogP contribution in [0.25, 0.3) is 0 Å². The van der Waals surface area contributed by atoms with E-state index in [1.165, 1.54) is 0 Å². The molecule has 0 fully saturated rings. The van der Waals surface area contributed by atoms with Gasteiger partial charge in [0.05, 0.1) is 10.8 Å². The quantitative estimate of drug-likeness (QED) is 0.697. The van der Waals surface area contributed by atoms with Gasteiger partial charge in [0.25, 0.3) is 0 Å². The second kappa shape index (κ2) is 5.63. The van der Waals surface area contributed by atoms with E-state index < -0.39 is 20.6 Å². The minimum absolute atomic E-state index is 0.0854. The summed E-state index contributed by atoms with van der Waals surface area (Å²) in [5.41, 5.74) is 5.60. The van der Waals surface area contributed by atoms with Gasteiger partial charge in [-0.05, 0) is 20.3 Å². The van der Waals surface area contributed by atoms with Crippen molar-refractivity contribution >= 4 is 15.7 Å². The maximum absolute atomic E-state index is 11.5. The van der Waals surface area contributed by atoms with Crippen LogP contribution < -0.4 is 11.1 Å². The molecule has 0 spiro atoms. The zero-order chi connectivity index (χ0) is 13.0. The fourth-order valence-corrected chi connectivity index (χ4v) is 1.34. The summed E-state index contributed by atoms with van der Waals surface area (Å²) in [4.78, 5) is 11.5. The first kappa shape index (κ1) is 15.4. The number of sulfone groups is 1. The zero-order valence-electron chi connectivity index (χ0n) is 10.4. The SMILES string of the molecule is CCC[C@@H](N)C(=O)NCC(C)(C)S(C)(=O)=O. The minimum Gasteiger partial charge on any atom is -0.353 e. The lowest BCUT2D eigenvalue weighted by atomic mass is 10.1. The lowest BCUT2D eigenvalue weighted by molar-refractivity contribution is -0.122. The fraction of sp³-hybridized carbons (Fsp3) is 0.900. The number of nitrogens with one attached hydrogen (secondary N) is 1. The number of carbonyl (C=O) groups excluding carboxylic acids is 1. The number of amides is 1. The molecule has 0 aromatic rings. The Labute approximate surface area is 97.7 Å². The van der Waals surface area contributed by atoms with Crippen molar-refractivity contribution in [3.05, 3.63) is 0 Å². The van der Waals surface area contributed by atoms with Crippen molar-refractivity contribution in [3.63, 3.8) is 0 Å². The van der Waals surface area contributed by atoms with E-state index in [9.17, 15) is 13.2 Å². The van der Waals surface area contributed by atoms with Crippen molar-refractivity contribution in [2.75, 3.05) is 12.8 Å². The van der Waals surface area contributed by atoms with Crippen LogP contribution in [0, 0.1) is 0 Å². The molecule has 0 saturated heterocycles. The van der Waals surface area contributed by atoms with E-state index >= 15 is 0 Å². The van der Waals surface area contributed by atoms with Crippen LogP contribution in [0.5, 0.6) is 0 Å². The lowest BCUT2D eigenvalue weighted by Crippen LogP contribution is -2.48. The van der Waals surface area contributed by atoms with Crippen LogP contribution in [0.15, 0.2) is 0 Å². The first-order valence-electron chi connectivity index (χ1n) is 5.34. The number of hydrogen-bond acceptors (Lipinski definition) is 4. The van der Waals surface area contributed by atoms with Crippen molar-refractivity contribution < 1.29 is 13.2 Å². The largest absolute Gasteiger partial charge is 0.353 e. The van der Waals surface area contributed by atoms with Crippen molar-refractivity contribution in [1.29, 1.82) is 0 Å². The Kier molecular flexibility index (Phi) is 5.41. The van der Waals surface area contributed by atoms with Gasteiger partial charge in [-0.2, -0.15) is 0 Å². The molecule has 0 saturated carbocycles. The second-order valence-corrected chi connectivity index (χ2v) is 7.29. The molecule has 6 heteroatoms. The van der Waals surface area contributed by atoms with Crippen molar-refractivity contribution in [2.24, 2.45) is 5.73 Å². The molecule has 0 unspecified atom stereocenters. The van der Waals surface area contributed by atoms with Gasteiger partial charge in [0.2, 0.25) is 5.91 Å². The molecule has 0 aliphatic rings. The fourth-order valence-electron chi connectivity index (χ4n) is 1.00. The van der Waals surface area contributed by atoms with E-state index in [0.29, 0.717) is 6.42 Å². The Morgan fingerprint density at radius 3 is 2.31 bits per heavy atom. The zero-order valence-corrected chi connectivity index (χ0v) is 11.2. The summed E-state index contributed by atoms with van der Waals surface area (Å²) in [5.74, 6) is -0.293. The molecule has 1 atom stereocenters. The van der Waals surface area contributed by atoms with Crippen LogP contribution >= 0.6 is 0 Å². The molecule has 0 aliphatic heterocycles. The highest BCUT2D eigenvalue weighted by Crippen LogP contribution is 2.13. The van der Waals surface area contributed by atoms with Crippen LogP contribution in [-0.4, -0.2) is 37.9 Å². The average molecular weight is 250 g/mol. The molecule has 0 radical (unpaired) electrons. The summed E-state index contributed by atoms with van der Waals surface area (Å²) in [6.07, 6.45) is 2.58. The molecule has 0 bridgehead atoms. The highest BCUT2D eigenvalue weighted by Gasteiger charge is 2.30. The molecule has 0 heterocycles. The van der Waals surface area contributed by atoms with Crippen LogP contribution in [0.4, 0.5) is 0 Å². The molecule has 3 N–H and O–H groups in total. The molecular weight excluding hydrogens is 228 g/mol. The van der Waals surface area contributed by atoms with Gasteiger partial charge < -0.3 is 11.1 Å². The van der Waals surface area contributed by atoms with E-state index in [1.807, 2.05) is 6.92 Å². The van der Waals surface area contributed by atoms with Gasteiger partial charge in [-0.25, -0.2) is 8.42 Å². The summed E-state index contributed by atoms with van der Waals surface area (Å²) >= 11 is 0. The third kappa shape index (κ3) is 4.49. The van der Waals surface area contributed by atoms with Crippen LogP contribution in [0.2, 0.25) is 0 Å². The van der Waals surface area contributed by atoms with E-state index in [-0.39, 0.29) is 12.5 Å². The Morgan fingerprint density at radius 2 is 1.94 bits per heavy atom. The first-order chi connectivity index (χ1) is 7.12. The first-order valence-corrected chi connectivity index (χ1v) is 7.24. The summed E-state index contributed by atoms with van der Waals surface area (Å²) < 4.78 is 21.8. The van der Waals surface area contributed by atoms with E-state index in [4.69, 9.17) is 5.73 Å². The van der Waals surface area contributed by atoms with Crippen LogP contribution in [0.1, 0.15) is 33.6 Å². The predicted octanol–water partition coefficient (Wildman–Crippen LogP) is 0.0532. The van der Waals surface area contributed by atoms with Gasteiger partial charge in [-0.1, -0.05) is 13.3 Å². The van der Waals surface area contributed by atoms with Gasteiger partial charge in [-0.15, -0.1) is 0 Å². The second-order valence-electron chi connectivity index (χ2n) is 4.64. The lowest BCUT2D eigenvalue weighted by Gasteiger charge is -2.23. The van der Waals surface area contributed by atoms with Gasteiger partial charge in [0.1, 0.15) is 0 Å². The van der Waals surface area contributed by atoms with Crippen molar-refractivity contribution in [2.45, 2.75) is 44.4 Å². The molecule has 0 aliphatic carbocycles. The topological polar surface area (TPSA) is 89.3 Å².